The molecule has 94 valence electrons. The second-order valence-electron chi connectivity index (χ2n) is 4.52. The number of carbonyl (C=O) groups is 1. The molecule has 1 fully saturated rings. The zero-order valence-corrected chi connectivity index (χ0v) is 10.4. The topological polar surface area (TPSA) is 69.6 Å². The number of aliphatic hydroxyl groups excluding tert-OH is 1. The molecule has 1 aliphatic carbocycles. The minimum atomic E-state index is -1.21. The molecule has 0 aliphatic heterocycles. The van der Waals surface area contributed by atoms with Crippen molar-refractivity contribution in [2.24, 2.45) is 0 Å². The molecule has 1 aliphatic rings. The van der Waals surface area contributed by atoms with E-state index in [9.17, 15) is 15.0 Å². The second-order valence-corrected chi connectivity index (χ2v) is 5.30. The molecule has 5 heteroatoms. The predicted molar refractivity (Wildman–Crippen MR) is 65.7 cm³/mol. The maximum atomic E-state index is 11.8. The van der Waals surface area contributed by atoms with Crippen LogP contribution in [0.3, 0.4) is 0 Å². The SMILES string of the molecule is O=C(NCC(O)c1ccsc1)C1(O)CCCC1. The molecule has 0 bridgehead atoms. The fraction of sp³-hybridized carbons (Fsp3) is 0.583. The lowest BCUT2D eigenvalue weighted by atomic mass is 10.0. The number of hydrogen-bond acceptors (Lipinski definition) is 4. The summed E-state index contributed by atoms with van der Waals surface area (Å²) in [4.78, 5) is 11.8. The van der Waals surface area contributed by atoms with Gasteiger partial charge in [0.15, 0.2) is 0 Å². The molecule has 1 amide bonds. The Morgan fingerprint density at radius 1 is 1.53 bits per heavy atom. The van der Waals surface area contributed by atoms with Crippen LogP contribution in [0.2, 0.25) is 0 Å². The van der Waals surface area contributed by atoms with Gasteiger partial charge < -0.3 is 15.5 Å². The quantitative estimate of drug-likeness (QED) is 0.757. The third-order valence-corrected chi connectivity index (χ3v) is 3.94. The van der Waals surface area contributed by atoms with Gasteiger partial charge >= 0.3 is 0 Å². The Kier molecular flexibility index (Phi) is 3.81. The van der Waals surface area contributed by atoms with E-state index in [0.29, 0.717) is 12.8 Å². The molecule has 1 aromatic rings. The zero-order chi connectivity index (χ0) is 12.3. The lowest BCUT2D eigenvalue weighted by molar-refractivity contribution is -0.139. The number of rotatable bonds is 4. The van der Waals surface area contributed by atoms with Crippen LogP contribution in [0.1, 0.15) is 37.4 Å². The van der Waals surface area contributed by atoms with Crippen LogP contribution in [0, 0.1) is 0 Å². The summed E-state index contributed by atoms with van der Waals surface area (Å²) in [6, 6.07) is 1.83. The highest BCUT2D eigenvalue weighted by Crippen LogP contribution is 2.29. The summed E-state index contributed by atoms with van der Waals surface area (Å²) in [6.45, 7) is 0.151. The Labute approximate surface area is 104 Å². The van der Waals surface area contributed by atoms with Gasteiger partial charge in [-0.2, -0.15) is 11.3 Å². The van der Waals surface area contributed by atoms with Crippen molar-refractivity contribution >= 4 is 17.2 Å². The highest BCUT2D eigenvalue weighted by atomic mass is 32.1. The normalized spacial score (nSPS) is 20.1. The van der Waals surface area contributed by atoms with Crippen molar-refractivity contribution in [1.29, 1.82) is 0 Å². The van der Waals surface area contributed by atoms with Crippen molar-refractivity contribution in [3.63, 3.8) is 0 Å². The van der Waals surface area contributed by atoms with Crippen LogP contribution < -0.4 is 5.32 Å². The molecule has 4 nitrogen and oxygen atoms in total. The molecule has 1 atom stereocenters. The summed E-state index contributed by atoms with van der Waals surface area (Å²) < 4.78 is 0. The van der Waals surface area contributed by atoms with E-state index in [0.717, 1.165) is 18.4 Å². The molecular weight excluding hydrogens is 238 g/mol. The molecule has 0 saturated heterocycles. The van der Waals surface area contributed by atoms with Crippen molar-refractivity contribution in [2.75, 3.05) is 6.54 Å². The van der Waals surface area contributed by atoms with Crippen molar-refractivity contribution in [3.8, 4) is 0 Å². The van der Waals surface area contributed by atoms with Gasteiger partial charge in [-0.15, -0.1) is 0 Å². The predicted octanol–water partition coefficient (Wildman–Crippen LogP) is 1.20. The number of hydrogen-bond donors (Lipinski definition) is 3. The van der Waals surface area contributed by atoms with Crippen molar-refractivity contribution < 1.29 is 15.0 Å². The maximum Gasteiger partial charge on any atom is 0.252 e. The number of aliphatic hydroxyl groups is 2. The van der Waals surface area contributed by atoms with Gasteiger partial charge in [0.2, 0.25) is 0 Å². The summed E-state index contributed by atoms with van der Waals surface area (Å²) in [5.41, 5.74) is -0.414. The third-order valence-electron chi connectivity index (χ3n) is 3.24. The van der Waals surface area contributed by atoms with Crippen LogP contribution in [0.4, 0.5) is 0 Å². The molecule has 17 heavy (non-hydrogen) atoms. The van der Waals surface area contributed by atoms with E-state index in [1.54, 1.807) is 0 Å². The van der Waals surface area contributed by atoms with Crippen LogP contribution in [0.25, 0.3) is 0 Å². The van der Waals surface area contributed by atoms with Gasteiger partial charge in [0, 0.05) is 6.54 Å². The van der Waals surface area contributed by atoms with Crippen LogP contribution in [0.15, 0.2) is 16.8 Å². The van der Waals surface area contributed by atoms with Gasteiger partial charge in [-0.25, -0.2) is 0 Å². The van der Waals surface area contributed by atoms with E-state index in [1.807, 2.05) is 16.8 Å². The average molecular weight is 255 g/mol. The number of thiophene rings is 1. The molecule has 0 aromatic carbocycles. The molecule has 1 saturated carbocycles. The Morgan fingerprint density at radius 2 is 2.24 bits per heavy atom. The Morgan fingerprint density at radius 3 is 2.82 bits per heavy atom. The van der Waals surface area contributed by atoms with Gasteiger partial charge in [-0.1, -0.05) is 0 Å². The molecule has 1 unspecified atom stereocenters. The summed E-state index contributed by atoms with van der Waals surface area (Å²) >= 11 is 1.50. The van der Waals surface area contributed by atoms with Crippen LogP contribution in [0.5, 0.6) is 0 Å². The molecular formula is C12H17NO3S. The van der Waals surface area contributed by atoms with E-state index in [4.69, 9.17) is 0 Å². The van der Waals surface area contributed by atoms with E-state index >= 15 is 0 Å². The zero-order valence-electron chi connectivity index (χ0n) is 9.56. The van der Waals surface area contributed by atoms with Crippen LogP contribution in [-0.4, -0.2) is 28.3 Å². The van der Waals surface area contributed by atoms with E-state index < -0.39 is 11.7 Å². The first kappa shape index (κ1) is 12.5. The fourth-order valence-corrected chi connectivity index (χ4v) is 2.83. The fourth-order valence-electron chi connectivity index (χ4n) is 2.12. The second kappa shape index (κ2) is 5.16. The molecule has 3 N–H and O–H groups in total. The summed E-state index contributed by atoms with van der Waals surface area (Å²) in [5, 5.41) is 26.2. The average Bonchev–Trinajstić information content (AvgIpc) is 2.96. The first-order chi connectivity index (χ1) is 8.12. The smallest absolute Gasteiger partial charge is 0.252 e. The standard InChI is InChI=1S/C12H17NO3S/c14-10(9-3-6-17-8-9)7-13-11(15)12(16)4-1-2-5-12/h3,6,8,10,14,16H,1-2,4-5,7H2,(H,13,15). The van der Waals surface area contributed by atoms with Gasteiger partial charge in [0.1, 0.15) is 5.60 Å². The van der Waals surface area contributed by atoms with Crippen molar-refractivity contribution in [2.45, 2.75) is 37.4 Å². The summed E-state index contributed by atoms with van der Waals surface area (Å²) in [6.07, 6.45) is 2.12. The molecule has 0 spiro atoms. The lowest BCUT2D eigenvalue weighted by Crippen LogP contribution is -2.45. The molecule has 1 aromatic heterocycles. The number of nitrogens with one attached hydrogen (secondary N) is 1. The molecule has 1 heterocycles. The van der Waals surface area contributed by atoms with E-state index in [2.05, 4.69) is 5.32 Å². The highest BCUT2D eigenvalue weighted by Gasteiger charge is 2.38. The molecule has 0 radical (unpaired) electrons. The first-order valence-corrected chi connectivity index (χ1v) is 6.77. The molecule has 2 rings (SSSR count). The third kappa shape index (κ3) is 2.86. The van der Waals surface area contributed by atoms with Gasteiger partial charge in [0.05, 0.1) is 6.10 Å². The van der Waals surface area contributed by atoms with Crippen molar-refractivity contribution in [1.82, 2.24) is 5.32 Å². The van der Waals surface area contributed by atoms with Gasteiger partial charge in [-0.3, -0.25) is 4.79 Å². The van der Waals surface area contributed by atoms with Crippen LogP contribution in [-0.2, 0) is 4.79 Å². The number of amides is 1. The lowest BCUT2D eigenvalue weighted by Gasteiger charge is -2.21. The monoisotopic (exact) mass is 255 g/mol. The van der Waals surface area contributed by atoms with E-state index in [-0.39, 0.29) is 12.5 Å². The largest absolute Gasteiger partial charge is 0.387 e. The van der Waals surface area contributed by atoms with E-state index in [1.165, 1.54) is 11.3 Å². The van der Waals surface area contributed by atoms with Gasteiger partial charge in [-0.05, 0) is 48.1 Å². The highest BCUT2D eigenvalue weighted by molar-refractivity contribution is 7.07. The number of carbonyl (C=O) groups excluding carboxylic acids is 1. The summed E-state index contributed by atoms with van der Waals surface area (Å²) in [7, 11) is 0. The van der Waals surface area contributed by atoms with Gasteiger partial charge in [0.25, 0.3) is 5.91 Å². The first-order valence-electron chi connectivity index (χ1n) is 5.83. The summed E-state index contributed by atoms with van der Waals surface area (Å²) in [5.74, 6) is -0.357. The maximum absolute atomic E-state index is 11.8. The van der Waals surface area contributed by atoms with Crippen LogP contribution >= 0.6 is 11.3 Å². The Balaban J connectivity index is 1.84. The minimum absolute atomic E-state index is 0.151. The minimum Gasteiger partial charge on any atom is -0.387 e. The Bertz CT molecular complexity index is 371. The van der Waals surface area contributed by atoms with Crippen molar-refractivity contribution in [3.05, 3.63) is 22.4 Å². The Hall–Kier alpha value is -0.910.